The van der Waals surface area contributed by atoms with Gasteiger partial charge in [0.2, 0.25) is 0 Å². The molecule has 4 atom stereocenters. The molecule has 7 nitrogen and oxygen atoms in total. The number of rotatable bonds is 24. The van der Waals surface area contributed by atoms with Gasteiger partial charge in [-0.15, -0.1) is 0 Å². The highest BCUT2D eigenvalue weighted by Crippen LogP contribution is 2.61. The molecule has 0 amide bonds. The highest BCUT2D eigenvalue weighted by molar-refractivity contribution is 7.61. The Kier molecular flexibility index (Phi) is 20.6. The monoisotopic (exact) mass is 514 g/mol. The van der Waals surface area contributed by atoms with Crippen molar-refractivity contribution in [2.45, 2.75) is 155 Å². The van der Waals surface area contributed by atoms with Crippen LogP contribution in [0, 0.1) is 0 Å². The van der Waals surface area contributed by atoms with Gasteiger partial charge in [0.05, 0.1) is 12.2 Å². The molecule has 2 N–H and O–H groups in total. The molecule has 0 aliphatic rings. The first-order chi connectivity index (χ1) is 15.6. The van der Waals surface area contributed by atoms with Gasteiger partial charge in [-0.25, -0.2) is 9.13 Å². The minimum Gasteiger partial charge on any atom is -0.302 e. The van der Waals surface area contributed by atoms with Crippen LogP contribution < -0.4 is 0 Å². The summed E-state index contributed by atoms with van der Waals surface area (Å²) in [5, 5.41) is 0. The average Bonchev–Trinajstić information content (AvgIpc) is 2.70. The zero-order valence-corrected chi connectivity index (χ0v) is 23.5. The highest BCUT2D eigenvalue weighted by Gasteiger charge is 2.37. The van der Waals surface area contributed by atoms with Crippen LogP contribution in [0.25, 0.3) is 0 Å². The van der Waals surface area contributed by atoms with Crippen LogP contribution in [0.1, 0.15) is 143 Å². The standard InChI is InChI=1S/C24H52O7P2/c1-5-7-9-11-13-15-17-19-21-23(3)29-32(25,26)31-33(27,28)30-24(4)22-20-18-16-14-12-10-8-6-2/h23-24H,5-22H2,1-4H3,(H,25,26)(H,27,28). The largest absolute Gasteiger partial charge is 0.481 e. The van der Waals surface area contributed by atoms with Crippen LogP contribution in [-0.2, 0) is 22.5 Å². The molecule has 0 saturated carbocycles. The SMILES string of the molecule is CCCCCCCCCCC(C)OP(=O)(O)OP(=O)(O)OC(C)CCCCCCCCCC. The summed E-state index contributed by atoms with van der Waals surface area (Å²) in [7, 11) is -9.38. The Labute approximate surface area is 203 Å². The molecule has 0 radical (unpaired) electrons. The van der Waals surface area contributed by atoms with Crippen molar-refractivity contribution in [2.75, 3.05) is 0 Å². The van der Waals surface area contributed by atoms with Crippen LogP contribution in [-0.4, -0.2) is 22.0 Å². The Morgan fingerprint density at radius 2 is 0.818 bits per heavy atom. The van der Waals surface area contributed by atoms with Crippen molar-refractivity contribution in [3.8, 4) is 0 Å². The predicted molar refractivity (Wildman–Crippen MR) is 136 cm³/mol. The molecule has 0 aromatic rings. The Balaban J connectivity index is 4.01. The van der Waals surface area contributed by atoms with E-state index in [1.165, 1.54) is 64.2 Å². The molecule has 33 heavy (non-hydrogen) atoms. The lowest BCUT2D eigenvalue weighted by Gasteiger charge is -2.21. The number of hydrogen-bond acceptors (Lipinski definition) is 5. The fraction of sp³-hybridized carbons (Fsp3) is 1.00. The Hall–Kier alpha value is 0.260. The van der Waals surface area contributed by atoms with E-state index >= 15 is 0 Å². The van der Waals surface area contributed by atoms with Crippen molar-refractivity contribution in [3.05, 3.63) is 0 Å². The quantitative estimate of drug-likeness (QED) is 0.0978. The summed E-state index contributed by atoms with van der Waals surface area (Å²) in [6.07, 6.45) is 18.7. The minimum atomic E-state index is -4.69. The Bertz CT molecular complexity index is 499. The van der Waals surface area contributed by atoms with Crippen molar-refractivity contribution in [1.29, 1.82) is 0 Å². The van der Waals surface area contributed by atoms with Gasteiger partial charge in [0.1, 0.15) is 0 Å². The van der Waals surface area contributed by atoms with Crippen LogP contribution in [0.5, 0.6) is 0 Å². The van der Waals surface area contributed by atoms with Gasteiger partial charge >= 0.3 is 15.6 Å². The second-order valence-electron chi connectivity index (χ2n) is 9.38. The van der Waals surface area contributed by atoms with Gasteiger partial charge in [0.25, 0.3) is 0 Å². The molecule has 0 saturated heterocycles. The third-order valence-electron chi connectivity index (χ3n) is 5.76. The minimum absolute atomic E-state index is 0.546. The molecule has 0 fully saturated rings. The van der Waals surface area contributed by atoms with Crippen molar-refractivity contribution in [2.24, 2.45) is 0 Å². The normalized spacial score (nSPS) is 17.4. The lowest BCUT2D eigenvalue weighted by atomic mass is 10.1. The molecule has 0 bridgehead atoms. The number of phosphoric ester groups is 2. The summed E-state index contributed by atoms with van der Waals surface area (Å²) in [6, 6.07) is 0. The lowest BCUT2D eigenvalue weighted by Crippen LogP contribution is -2.10. The second-order valence-corrected chi connectivity index (χ2v) is 12.3. The molecule has 0 aliphatic carbocycles. The molecule has 0 spiro atoms. The number of unbranched alkanes of at least 4 members (excludes halogenated alkanes) is 14. The van der Waals surface area contributed by atoms with E-state index in [9.17, 15) is 18.9 Å². The van der Waals surface area contributed by atoms with E-state index in [1.807, 2.05) is 0 Å². The maximum atomic E-state index is 12.2. The van der Waals surface area contributed by atoms with Gasteiger partial charge in [-0.2, -0.15) is 4.31 Å². The summed E-state index contributed by atoms with van der Waals surface area (Å²) in [4.78, 5) is 19.8. The molecule has 0 rings (SSSR count). The van der Waals surface area contributed by atoms with Crippen LogP contribution in [0.2, 0.25) is 0 Å². The van der Waals surface area contributed by atoms with E-state index in [2.05, 4.69) is 18.2 Å². The van der Waals surface area contributed by atoms with Crippen molar-refractivity contribution >= 4 is 15.6 Å². The van der Waals surface area contributed by atoms with Crippen LogP contribution in [0.3, 0.4) is 0 Å². The number of hydrogen-bond donors (Lipinski definition) is 2. The third-order valence-corrected chi connectivity index (χ3v) is 8.66. The summed E-state index contributed by atoms with van der Waals surface area (Å²) < 4.78 is 38.9. The molecule has 200 valence electrons. The van der Waals surface area contributed by atoms with E-state index in [4.69, 9.17) is 9.05 Å². The van der Waals surface area contributed by atoms with E-state index in [-0.39, 0.29) is 0 Å². The highest BCUT2D eigenvalue weighted by atomic mass is 31.3. The van der Waals surface area contributed by atoms with Gasteiger partial charge in [-0.1, -0.05) is 117 Å². The lowest BCUT2D eigenvalue weighted by molar-refractivity contribution is 0.103. The van der Waals surface area contributed by atoms with E-state index in [0.29, 0.717) is 12.8 Å². The fourth-order valence-electron chi connectivity index (χ4n) is 3.86. The topological polar surface area (TPSA) is 102 Å². The van der Waals surface area contributed by atoms with E-state index in [0.717, 1.165) is 38.5 Å². The third kappa shape index (κ3) is 22.5. The molecule has 0 heterocycles. The maximum Gasteiger partial charge on any atom is 0.481 e. The zero-order chi connectivity index (χ0) is 25.0. The first-order valence-corrected chi connectivity index (χ1v) is 16.3. The molecule has 9 heteroatoms. The zero-order valence-electron chi connectivity index (χ0n) is 21.7. The van der Waals surface area contributed by atoms with Gasteiger partial charge < -0.3 is 9.79 Å². The van der Waals surface area contributed by atoms with Crippen LogP contribution in [0.4, 0.5) is 0 Å². The Morgan fingerprint density at radius 1 is 0.545 bits per heavy atom. The van der Waals surface area contributed by atoms with E-state index < -0.39 is 27.9 Å². The van der Waals surface area contributed by atoms with Gasteiger partial charge in [0, 0.05) is 0 Å². The van der Waals surface area contributed by atoms with Crippen LogP contribution >= 0.6 is 15.6 Å². The summed E-state index contributed by atoms with van der Waals surface area (Å²) in [5.74, 6) is 0. The predicted octanol–water partition coefficient (Wildman–Crippen LogP) is 9.08. The van der Waals surface area contributed by atoms with Crippen molar-refractivity contribution in [3.63, 3.8) is 0 Å². The maximum absolute atomic E-state index is 12.2. The van der Waals surface area contributed by atoms with E-state index in [1.54, 1.807) is 13.8 Å². The van der Waals surface area contributed by atoms with Gasteiger partial charge in [-0.05, 0) is 26.7 Å². The molecule has 4 unspecified atom stereocenters. The summed E-state index contributed by atoms with van der Waals surface area (Å²) in [6.45, 7) is 7.74. The van der Waals surface area contributed by atoms with Crippen molar-refractivity contribution < 1.29 is 32.3 Å². The molecule has 0 aromatic carbocycles. The van der Waals surface area contributed by atoms with Gasteiger partial charge in [-0.3, -0.25) is 9.05 Å². The number of phosphoric acid groups is 2. The Morgan fingerprint density at radius 3 is 1.12 bits per heavy atom. The summed E-state index contributed by atoms with van der Waals surface area (Å²) in [5.41, 5.74) is 0. The fourth-order valence-corrected chi connectivity index (χ4v) is 6.33. The molecular weight excluding hydrogens is 462 g/mol. The van der Waals surface area contributed by atoms with Gasteiger partial charge in [0.15, 0.2) is 0 Å². The summed E-state index contributed by atoms with van der Waals surface area (Å²) >= 11 is 0. The molecule has 0 aliphatic heterocycles. The molecular formula is C24H52O7P2. The first-order valence-electron chi connectivity index (χ1n) is 13.4. The molecule has 0 aromatic heterocycles. The first kappa shape index (κ1) is 33.3. The van der Waals surface area contributed by atoms with Crippen molar-refractivity contribution in [1.82, 2.24) is 0 Å². The smallest absolute Gasteiger partial charge is 0.302 e. The average molecular weight is 515 g/mol. The second kappa shape index (κ2) is 20.5. The van der Waals surface area contributed by atoms with Crippen LogP contribution in [0.15, 0.2) is 0 Å².